The summed E-state index contributed by atoms with van der Waals surface area (Å²) in [6.45, 7) is 24.9. The van der Waals surface area contributed by atoms with Crippen LogP contribution in [0.2, 0.25) is 18.1 Å². The Hall–Kier alpha value is -3.33. The van der Waals surface area contributed by atoms with Gasteiger partial charge < -0.3 is 42.6 Å². The first-order chi connectivity index (χ1) is 30.6. The van der Waals surface area contributed by atoms with E-state index in [4.69, 9.17) is 32.8 Å². The summed E-state index contributed by atoms with van der Waals surface area (Å²) in [7, 11) is -0.0750. The lowest BCUT2D eigenvalue weighted by molar-refractivity contribution is -0.152. The summed E-state index contributed by atoms with van der Waals surface area (Å²) < 4.78 is 44.3. The summed E-state index contributed by atoms with van der Waals surface area (Å²) in [6, 6.07) is 11.9. The summed E-state index contributed by atoms with van der Waals surface area (Å²) in [5, 5.41) is 0. The zero-order valence-corrected chi connectivity index (χ0v) is 42.1. The highest BCUT2D eigenvalue weighted by Gasteiger charge is 2.46. The fourth-order valence-corrected chi connectivity index (χ4v) is 11.9. The molecule has 3 aliphatic rings. The van der Waals surface area contributed by atoms with Gasteiger partial charge in [-0.15, -0.1) is 0 Å². The van der Waals surface area contributed by atoms with Crippen molar-refractivity contribution in [3.63, 3.8) is 0 Å². The number of nitrogens with zero attached hydrogens (tertiary/aromatic N) is 2. The van der Waals surface area contributed by atoms with Gasteiger partial charge in [-0.3, -0.25) is 4.79 Å². The Balaban J connectivity index is 1.55. The quantitative estimate of drug-likeness (QED) is 0.0223. The van der Waals surface area contributed by atoms with Gasteiger partial charge >= 0.3 is 18.0 Å². The van der Waals surface area contributed by atoms with E-state index in [1.165, 1.54) is 0 Å². The molecule has 13 heteroatoms. The number of carbonyl (C=O) groups is 3. The second kappa shape index (κ2) is 26.1. The second-order valence-corrected chi connectivity index (χ2v) is 23.3. The third-order valence-electron chi connectivity index (χ3n) is 13.7. The largest absolute Gasteiger partial charge is 0.458 e. The number of carbonyl (C=O) groups excluding carboxylic acids is 3. The van der Waals surface area contributed by atoms with Crippen LogP contribution in [0.3, 0.4) is 0 Å². The smallest absolute Gasteiger partial charge is 0.410 e. The molecule has 64 heavy (non-hydrogen) atoms. The van der Waals surface area contributed by atoms with E-state index < -0.39 is 26.1 Å². The van der Waals surface area contributed by atoms with Gasteiger partial charge in [0.1, 0.15) is 17.8 Å². The third-order valence-corrected chi connectivity index (χ3v) is 18.4. The normalized spacial score (nSPS) is 28.3. The summed E-state index contributed by atoms with van der Waals surface area (Å²) >= 11 is 0. The van der Waals surface area contributed by atoms with Crippen LogP contribution in [0.4, 0.5) is 4.79 Å². The zero-order chi connectivity index (χ0) is 46.9. The zero-order valence-electron chi connectivity index (χ0n) is 41.1. The first-order valence-electron chi connectivity index (χ1n) is 24.3. The van der Waals surface area contributed by atoms with Crippen LogP contribution >= 0.6 is 0 Å². The van der Waals surface area contributed by atoms with E-state index in [2.05, 4.69) is 52.6 Å². The van der Waals surface area contributed by atoms with Gasteiger partial charge in [-0.1, -0.05) is 91.0 Å². The third kappa shape index (κ3) is 15.9. The number of allylic oxidation sites excluding steroid dienone is 3. The standard InChI is InChI=1S/C51H82N2O10Si/c1-12-43(60-49(55)41-23-18-17-19-24-41)40(9)48-44(59-48)35-37(6)21-20-22-38(7)47-39(8)25-26-45(61-50(56)53-31-29-52(11)30-32-53)51(10,58-34-33-57-13-2)28-27-42(36-46(54)62-47)63-64(14-3,15-4)16-5/h17-26,37,39-40,42-45,47-48H,12-16,27-36H2,1-11H3/b21-20+,26-25+,38-22+. The van der Waals surface area contributed by atoms with Crippen molar-refractivity contribution in [3.05, 3.63) is 71.8 Å². The number of cyclic esters (lactones) is 1. The minimum atomic E-state index is -2.13. The molecule has 2 saturated heterocycles. The van der Waals surface area contributed by atoms with Gasteiger partial charge in [0.25, 0.3) is 0 Å². The van der Waals surface area contributed by atoms with E-state index in [0.717, 1.165) is 43.2 Å². The molecule has 0 saturated carbocycles. The Labute approximate surface area is 386 Å². The van der Waals surface area contributed by atoms with E-state index in [0.29, 0.717) is 57.7 Å². The van der Waals surface area contributed by atoms with Crippen molar-refractivity contribution < 1.29 is 47.2 Å². The van der Waals surface area contributed by atoms with E-state index >= 15 is 0 Å². The lowest BCUT2D eigenvalue weighted by Gasteiger charge is -2.40. The maximum atomic E-state index is 14.0. The maximum absolute atomic E-state index is 14.0. The molecule has 2 fully saturated rings. The topological polar surface area (TPSA) is 126 Å². The van der Waals surface area contributed by atoms with E-state index in [1.807, 2.05) is 77.1 Å². The number of epoxide rings is 1. The summed E-state index contributed by atoms with van der Waals surface area (Å²) in [5.41, 5.74) is 0.514. The molecule has 10 atom stereocenters. The predicted octanol–water partition coefficient (Wildman–Crippen LogP) is 9.80. The highest BCUT2D eigenvalue weighted by molar-refractivity contribution is 6.73. The van der Waals surface area contributed by atoms with Crippen LogP contribution < -0.4 is 0 Å². The molecule has 1 amide bonds. The van der Waals surface area contributed by atoms with Crippen LogP contribution in [0.1, 0.15) is 112 Å². The van der Waals surface area contributed by atoms with E-state index in [1.54, 1.807) is 17.0 Å². The van der Waals surface area contributed by atoms with Crippen LogP contribution in [-0.2, 0) is 37.6 Å². The molecule has 1 aromatic rings. The predicted molar refractivity (Wildman–Crippen MR) is 255 cm³/mol. The monoisotopic (exact) mass is 911 g/mol. The average molecular weight is 911 g/mol. The Kier molecular flexibility index (Phi) is 21.7. The fraction of sp³-hybridized carbons (Fsp3) is 0.706. The van der Waals surface area contributed by atoms with Crippen LogP contribution in [0.25, 0.3) is 0 Å². The molecule has 3 aliphatic heterocycles. The van der Waals surface area contributed by atoms with Crippen molar-refractivity contribution in [1.29, 1.82) is 0 Å². The Morgan fingerprint density at radius 1 is 0.984 bits per heavy atom. The summed E-state index contributed by atoms with van der Waals surface area (Å²) in [6.07, 6.45) is 10.7. The Morgan fingerprint density at radius 3 is 2.31 bits per heavy atom. The number of likely N-dealkylation sites (N-methyl/N-ethyl adjacent to an activating group) is 1. The van der Waals surface area contributed by atoms with E-state index in [9.17, 15) is 14.4 Å². The van der Waals surface area contributed by atoms with E-state index in [-0.39, 0.29) is 66.6 Å². The lowest BCUT2D eigenvalue weighted by Crippen LogP contribution is -2.51. The average Bonchev–Trinajstić information content (AvgIpc) is 4.06. The van der Waals surface area contributed by atoms with Crippen LogP contribution in [-0.4, -0.2) is 131 Å². The molecule has 12 nitrogen and oxygen atoms in total. The summed E-state index contributed by atoms with van der Waals surface area (Å²) in [4.78, 5) is 44.6. The van der Waals surface area contributed by atoms with Gasteiger partial charge in [-0.2, -0.15) is 0 Å². The van der Waals surface area contributed by atoms with Gasteiger partial charge in [0.15, 0.2) is 14.4 Å². The second-order valence-electron chi connectivity index (χ2n) is 18.6. The highest BCUT2D eigenvalue weighted by atomic mass is 28.4. The number of piperazine rings is 1. The molecule has 0 aromatic heterocycles. The van der Waals surface area contributed by atoms with Crippen LogP contribution in [0.15, 0.2) is 66.3 Å². The number of amides is 1. The number of benzene rings is 1. The lowest BCUT2D eigenvalue weighted by atomic mass is 9.88. The van der Waals surface area contributed by atoms with Gasteiger partial charge in [0, 0.05) is 44.6 Å². The number of hydrogen-bond donors (Lipinski definition) is 0. The number of rotatable bonds is 21. The van der Waals surface area contributed by atoms with Gasteiger partial charge in [0.05, 0.1) is 43.5 Å². The molecular formula is C51H82N2O10Si. The van der Waals surface area contributed by atoms with Crippen molar-refractivity contribution in [2.75, 3.05) is 53.0 Å². The van der Waals surface area contributed by atoms with Crippen molar-refractivity contribution in [2.24, 2.45) is 17.8 Å². The van der Waals surface area contributed by atoms with Crippen molar-refractivity contribution >= 4 is 26.3 Å². The number of ether oxygens (including phenoxy) is 6. The molecule has 0 aliphatic carbocycles. The molecule has 0 radical (unpaired) electrons. The molecule has 3 heterocycles. The molecule has 0 bridgehead atoms. The first kappa shape index (κ1) is 53.3. The molecule has 1 aromatic carbocycles. The van der Waals surface area contributed by atoms with Gasteiger partial charge in [-0.05, 0) is 101 Å². The van der Waals surface area contributed by atoms with Gasteiger partial charge in [-0.25, -0.2) is 9.59 Å². The molecular weight excluding hydrogens is 829 g/mol. The molecule has 0 spiro atoms. The molecule has 0 N–H and O–H groups in total. The van der Waals surface area contributed by atoms with Gasteiger partial charge in [0.2, 0.25) is 0 Å². The van der Waals surface area contributed by atoms with Crippen LogP contribution in [0.5, 0.6) is 0 Å². The summed E-state index contributed by atoms with van der Waals surface area (Å²) in [5.74, 6) is -0.588. The first-order valence-corrected chi connectivity index (χ1v) is 26.8. The fourth-order valence-electron chi connectivity index (χ4n) is 8.99. The SMILES string of the molecule is CCOCCOC1(C)CCC(O[Si](CC)(CC)CC)CC(=O)OC(/C(C)=C/C=C/C(C)CC2OC2C(C)C(CC)OC(=O)c2ccccc2)C(C)/C=C/C1OC(=O)N1CCN(C)CC1. The van der Waals surface area contributed by atoms with Crippen LogP contribution in [0, 0.1) is 17.8 Å². The van der Waals surface area contributed by atoms with Crippen molar-refractivity contribution in [1.82, 2.24) is 9.80 Å². The maximum Gasteiger partial charge on any atom is 0.410 e. The Morgan fingerprint density at radius 2 is 1.67 bits per heavy atom. The van der Waals surface area contributed by atoms with Crippen molar-refractivity contribution in [2.45, 2.75) is 162 Å². The molecule has 10 unspecified atom stereocenters. The number of hydrogen-bond acceptors (Lipinski definition) is 11. The minimum absolute atomic E-state index is 0.0270. The molecule has 4 rings (SSSR count). The Bertz CT molecular complexity index is 1670. The van der Waals surface area contributed by atoms with Crippen molar-refractivity contribution in [3.8, 4) is 0 Å². The molecule has 360 valence electrons. The highest BCUT2D eigenvalue weighted by Crippen LogP contribution is 2.38. The minimum Gasteiger partial charge on any atom is -0.458 e. The number of esters is 2.